The molecule has 2 N–H and O–H groups in total. The van der Waals surface area contributed by atoms with E-state index in [0.29, 0.717) is 18.4 Å². The van der Waals surface area contributed by atoms with Crippen molar-refractivity contribution in [3.8, 4) is 0 Å². The van der Waals surface area contributed by atoms with Crippen LogP contribution < -0.4 is 10.6 Å². The molecule has 8 heteroatoms. The Bertz CT molecular complexity index is 593. The summed E-state index contributed by atoms with van der Waals surface area (Å²) in [7, 11) is 3.65. The molecule has 0 aromatic carbocycles. The topological polar surface area (TPSA) is 80.5 Å². The first-order chi connectivity index (χ1) is 9.01. The molecule has 0 atom stereocenters. The molecule has 2 aromatic heterocycles. The molecule has 2 heterocycles. The molecule has 0 aliphatic rings. The lowest BCUT2D eigenvalue weighted by atomic mass is 10.2. The second kappa shape index (κ2) is 5.40. The smallest absolute Gasteiger partial charge is 0.229 e. The van der Waals surface area contributed by atoms with Crippen LogP contribution in [0.2, 0.25) is 5.28 Å². The minimum Gasteiger partial charge on any atom is -0.357 e. The van der Waals surface area contributed by atoms with Gasteiger partial charge in [0.05, 0.1) is 5.69 Å². The molecule has 0 spiro atoms. The maximum absolute atomic E-state index is 5.82. The van der Waals surface area contributed by atoms with Crippen molar-refractivity contribution in [1.82, 2.24) is 24.7 Å². The molecule has 0 radical (unpaired) electrons. The van der Waals surface area contributed by atoms with E-state index in [4.69, 9.17) is 11.6 Å². The molecule has 0 bridgehead atoms. The van der Waals surface area contributed by atoms with Gasteiger partial charge < -0.3 is 10.6 Å². The van der Waals surface area contributed by atoms with Crippen LogP contribution in [-0.2, 0) is 13.6 Å². The minimum absolute atomic E-state index is 0.154. The lowest BCUT2D eigenvalue weighted by molar-refractivity contribution is 0.730. The van der Waals surface area contributed by atoms with E-state index in [1.807, 2.05) is 25.6 Å². The molecule has 0 aliphatic heterocycles. The standard InChI is InChI=1S/C11H16ClN7/c1-6-8(7(2)19(4)18-6)5-14-11-16-9(12)15-10(13-3)17-11/h5H2,1-4H3,(H2,13,14,15,16,17). The SMILES string of the molecule is CNc1nc(Cl)nc(NCc2c(C)nn(C)c2C)n1. The van der Waals surface area contributed by atoms with Crippen LogP contribution in [-0.4, -0.2) is 31.8 Å². The van der Waals surface area contributed by atoms with Crippen molar-refractivity contribution in [2.75, 3.05) is 17.7 Å². The predicted octanol–water partition coefficient (Wildman–Crippen LogP) is 1.53. The van der Waals surface area contributed by atoms with Crippen molar-refractivity contribution in [3.63, 3.8) is 0 Å². The second-order valence-corrected chi connectivity index (χ2v) is 4.47. The fraction of sp³-hybridized carbons (Fsp3) is 0.455. The van der Waals surface area contributed by atoms with E-state index < -0.39 is 0 Å². The molecular weight excluding hydrogens is 266 g/mol. The summed E-state index contributed by atoms with van der Waals surface area (Å²) in [5.74, 6) is 0.870. The van der Waals surface area contributed by atoms with E-state index in [1.54, 1.807) is 7.05 Å². The molecular formula is C11H16ClN7. The quantitative estimate of drug-likeness (QED) is 0.885. The monoisotopic (exact) mass is 281 g/mol. The van der Waals surface area contributed by atoms with Crippen molar-refractivity contribution in [1.29, 1.82) is 0 Å². The zero-order valence-electron chi connectivity index (χ0n) is 11.3. The Morgan fingerprint density at radius 3 is 2.42 bits per heavy atom. The van der Waals surface area contributed by atoms with Crippen molar-refractivity contribution >= 4 is 23.5 Å². The van der Waals surface area contributed by atoms with Crippen LogP contribution in [0.15, 0.2) is 0 Å². The van der Waals surface area contributed by atoms with Gasteiger partial charge in [-0.15, -0.1) is 0 Å². The summed E-state index contributed by atoms with van der Waals surface area (Å²) < 4.78 is 1.85. The van der Waals surface area contributed by atoms with E-state index in [2.05, 4.69) is 30.7 Å². The molecule has 102 valence electrons. The van der Waals surface area contributed by atoms with Crippen LogP contribution in [0.1, 0.15) is 17.0 Å². The van der Waals surface area contributed by atoms with Gasteiger partial charge in [-0.3, -0.25) is 4.68 Å². The van der Waals surface area contributed by atoms with E-state index in [0.717, 1.165) is 17.0 Å². The van der Waals surface area contributed by atoms with Gasteiger partial charge in [0, 0.05) is 31.9 Å². The van der Waals surface area contributed by atoms with Gasteiger partial charge in [-0.1, -0.05) is 0 Å². The summed E-state index contributed by atoms with van der Waals surface area (Å²) in [6, 6.07) is 0. The van der Waals surface area contributed by atoms with Gasteiger partial charge in [0.25, 0.3) is 0 Å². The Morgan fingerprint density at radius 1 is 1.16 bits per heavy atom. The second-order valence-electron chi connectivity index (χ2n) is 4.13. The van der Waals surface area contributed by atoms with E-state index in [-0.39, 0.29) is 5.28 Å². The number of nitrogens with one attached hydrogen (secondary N) is 2. The lowest BCUT2D eigenvalue weighted by Crippen LogP contribution is -2.08. The number of halogens is 1. The molecule has 0 saturated heterocycles. The number of hydrogen-bond donors (Lipinski definition) is 2. The van der Waals surface area contributed by atoms with Crippen LogP contribution in [0, 0.1) is 13.8 Å². The van der Waals surface area contributed by atoms with Crippen molar-refractivity contribution in [2.24, 2.45) is 7.05 Å². The lowest BCUT2D eigenvalue weighted by Gasteiger charge is -2.07. The van der Waals surface area contributed by atoms with Crippen LogP contribution in [0.5, 0.6) is 0 Å². The van der Waals surface area contributed by atoms with Gasteiger partial charge >= 0.3 is 0 Å². The van der Waals surface area contributed by atoms with Crippen LogP contribution in [0.25, 0.3) is 0 Å². The molecule has 0 amide bonds. The first-order valence-electron chi connectivity index (χ1n) is 5.83. The van der Waals surface area contributed by atoms with Gasteiger partial charge in [-0.05, 0) is 25.4 Å². The number of rotatable bonds is 4. The molecule has 0 unspecified atom stereocenters. The van der Waals surface area contributed by atoms with E-state index in [9.17, 15) is 0 Å². The summed E-state index contributed by atoms with van der Waals surface area (Å²) in [4.78, 5) is 12.1. The largest absolute Gasteiger partial charge is 0.357 e. The fourth-order valence-corrected chi connectivity index (χ4v) is 1.94. The number of nitrogens with zero attached hydrogens (tertiary/aromatic N) is 5. The molecule has 0 fully saturated rings. The summed E-state index contributed by atoms with van der Waals surface area (Å²) in [6.45, 7) is 4.59. The third kappa shape index (κ3) is 2.93. The van der Waals surface area contributed by atoms with Gasteiger partial charge in [0.15, 0.2) is 0 Å². The van der Waals surface area contributed by atoms with Crippen molar-refractivity contribution in [2.45, 2.75) is 20.4 Å². The zero-order chi connectivity index (χ0) is 14.0. The summed E-state index contributed by atoms with van der Waals surface area (Å²) in [6.07, 6.45) is 0. The highest BCUT2D eigenvalue weighted by Crippen LogP contribution is 2.14. The molecule has 2 rings (SSSR count). The van der Waals surface area contributed by atoms with Gasteiger partial charge in [-0.2, -0.15) is 20.1 Å². The number of aromatic nitrogens is 5. The zero-order valence-corrected chi connectivity index (χ0v) is 12.1. The number of hydrogen-bond acceptors (Lipinski definition) is 6. The number of anilines is 2. The maximum atomic E-state index is 5.82. The third-order valence-electron chi connectivity index (χ3n) is 2.91. The van der Waals surface area contributed by atoms with Crippen LogP contribution in [0.3, 0.4) is 0 Å². The van der Waals surface area contributed by atoms with Gasteiger partial charge in [0.1, 0.15) is 0 Å². The maximum Gasteiger partial charge on any atom is 0.229 e. The highest BCUT2D eigenvalue weighted by Gasteiger charge is 2.10. The van der Waals surface area contributed by atoms with Crippen molar-refractivity contribution in [3.05, 3.63) is 22.2 Å². The number of aryl methyl sites for hydroxylation is 2. The third-order valence-corrected chi connectivity index (χ3v) is 3.08. The Kier molecular flexibility index (Phi) is 3.84. The molecule has 0 aliphatic carbocycles. The highest BCUT2D eigenvalue weighted by molar-refractivity contribution is 6.28. The Balaban J connectivity index is 2.16. The van der Waals surface area contributed by atoms with Crippen LogP contribution in [0.4, 0.5) is 11.9 Å². The molecule has 19 heavy (non-hydrogen) atoms. The fourth-order valence-electron chi connectivity index (χ4n) is 1.78. The Labute approximate surface area is 116 Å². The van der Waals surface area contributed by atoms with Crippen molar-refractivity contribution < 1.29 is 0 Å². The summed E-state index contributed by atoms with van der Waals surface area (Å²) in [5.41, 5.74) is 3.23. The first kappa shape index (κ1) is 13.5. The Hall–Kier alpha value is -1.89. The summed E-state index contributed by atoms with van der Waals surface area (Å²) in [5, 5.41) is 10.5. The average Bonchev–Trinajstić information content (AvgIpc) is 2.60. The normalized spacial score (nSPS) is 10.6. The average molecular weight is 282 g/mol. The first-order valence-corrected chi connectivity index (χ1v) is 6.21. The predicted molar refractivity (Wildman–Crippen MR) is 74.4 cm³/mol. The van der Waals surface area contributed by atoms with Gasteiger partial charge in [-0.25, -0.2) is 0 Å². The van der Waals surface area contributed by atoms with Gasteiger partial charge in [0.2, 0.25) is 17.2 Å². The molecule has 2 aromatic rings. The van der Waals surface area contributed by atoms with Crippen LogP contribution >= 0.6 is 11.6 Å². The molecule has 0 saturated carbocycles. The Morgan fingerprint density at radius 2 is 1.84 bits per heavy atom. The summed E-state index contributed by atoms with van der Waals surface area (Å²) >= 11 is 5.82. The van der Waals surface area contributed by atoms with E-state index in [1.165, 1.54) is 0 Å². The highest BCUT2D eigenvalue weighted by atomic mass is 35.5. The minimum atomic E-state index is 0.154. The van der Waals surface area contributed by atoms with E-state index >= 15 is 0 Å². The molecule has 7 nitrogen and oxygen atoms in total.